The second-order valence-electron chi connectivity index (χ2n) is 8.06. The molecule has 1 aromatic carbocycles. The van der Waals surface area contributed by atoms with Crippen molar-refractivity contribution >= 4 is 11.0 Å². The number of hydrogen-bond acceptors (Lipinski definition) is 8. The number of H-pyrrole nitrogens is 1. The number of rotatable bonds is 11. The fraction of sp³-hybridized carbons (Fsp3) is 0.375. The van der Waals surface area contributed by atoms with Crippen LogP contribution in [0.2, 0.25) is 0 Å². The molecule has 178 valence electrons. The summed E-state index contributed by atoms with van der Waals surface area (Å²) < 4.78 is 6.87. The van der Waals surface area contributed by atoms with Crippen LogP contribution in [0.4, 0.5) is 0 Å². The predicted octanol–water partition coefficient (Wildman–Crippen LogP) is 2.14. The van der Waals surface area contributed by atoms with E-state index in [0.29, 0.717) is 36.0 Å². The van der Waals surface area contributed by atoms with Gasteiger partial charge in [0, 0.05) is 37.6 Å². The summed E-state index contributed by atoms with van der Waals surface area (Å²) in [6, 6.07) is 10.2. The fourth-order valence-electron chi connectivity index (χ4n) is 4.09. The predicted molar refractivity (Wildman–Crippen MR) is 130 cm³/mol. The van der Waals surface area contributed by atoms with Crippen LogP contribution in [0.5, 0.6) is 6.01 Å². The molecule has 4 rings (SSSR count). The van der Waals surface area contributed by atoms with Crippen molar-refractivity contribution in [2.45, 2.75) is 32.5 Å². The lowest BCUT2D eigenvalue weighted by molar-refractivity contribution is 0.172. The molecule has 0 aliphatic carbocycles. The fourth-order valence-corrected chi connectivity index (χ4v) is 4.09. The van der Waals surface area contributed by atoms with Gasteiger partial charge in [-0.05, 0) is 19.0 Å². The Morgan fingerprint density at radius 1 is 1.15 bits per heavy atom. The first-order valence-corrected chi connectivity index (χ1v) is 11.4. The molecule has 0 saturated carbocycles. The molecule has 4 aromatic rings. The number of benzene rings is 1. The van der Waals surface area contributed by atoms with Gasteiger partial charge in [0.05, 0.1) is 25.9 Å². The van der Waals surface area contributed by atoms with Crippen molar-refractivity contribution < 1.29 is 4.74 Å². The standard InChI is InChI=1S/C24H30N8O2/c1-4-20(31(11-10-25-2)15-18-12-26-24(34-3)27-13-18)22-29-21-19(14-28-30-21)23(33)32(22)16-17-8-6-5-7-9-17/h5-9,12-14,20,25H,4,10-11,15-16H2,1-3H3,(H,28,30). The number of aromatic nitrogens is 6. The quantitative estimate of drug-likeness (QED) is 0.349. The van der Waals surface area contributed by atoms with Crippen molar-refractivity contribution in [3.05, 3.63) is 76.2 Å². The molecular weight excluding hydrogens is 432 g/mol. The highest BCUT2D eigenvalue weighted by atomic mass is 16.5. The van der Waals surface area contributed by atoms with Gasteiger partial charge < -0.3 is 10.1 Å². The van der Waals surface area contributed by atoms with Crippen LogP contribution in [0, 0.1) is 0 Å². The Morgan fingerprint density at radius 2 is 1.91 bits per heavy atom. The van der Waals surface area contributed by atoms with E-state index in [0.717, 1.165) is 30.6 Å². The van der Waals surface area contributed by atoms with Crippen molar-refractivity contribution in [2.24, 2.45) is 0 Å². The third kappa shape index (κ3) is 5.13. The zero-order valence-corrected chi connectivity index (χ0v) is 19.7. The lowest BCUT2D eigenvalue weighted by atomic mass is 10.1. The molecular formula is C24H30N8O2. The number of methoxy groups -OCH3 is 1. The van der Waals surface area contributed by atoms with Gasteiger partial charge in [-0.2, -0.15) is 5.10 Å². The number of hydrogen-bond donors (Lipinski definition) is 2. The summed E-state index contributed by atoms with van der Waals surface area (Å²) in [5, 5.41) is 10.7. The van der Waals surface area contributed by atoms with Gasteiger partial charge in [-0.15, -0.1) is 0 Å². The van der Waals surface area contributed by atoms with Gasteiger partial charge in [0.25, 0.3) is 5.56 Å². The zero-order valence-electron chi connectivity index (χ0n) is 19.7. The molecule has 0 fully saturated rings. The summed E-state index contributed by atoms with van der Waals surface area (Å²) in [5.41, 5.74) is 2.40. The van der Waals surface area contributed by atoms with Crippen LogP contribution in [-0.2, 0) is 13.1 Å². The Balaban J connectivity index is 1.76. The molecule has 0 spiro atoms. The zero-order chi connectivity index (χ0) is 23.9. The lowest BCUT2D eigenvalue weighted by Crippen LogP contribution is -2.38. The SMILES string of the molecule is CCC(c1nc2[nH]ncc2c(=O)n1Cc1ccccc1)N(CCNC)Cc1cnc(OC)nc1. The normalized spacial score (nSPS) is 12.4. The summed E-state index contributed by atoms with van der Waals surface area (Å²) in [6.45, 7) is 4.68. The summed E-state index contributed by atoms with van der Waals surface area (Å²) in [7, 11) is 3.47. The van der Waals surface area contributed by atoms with Crippen LogP contribution in [-0.4, -0.2) is 61.9 Å². The van der Waals surface area contributed by atoms with Crippen molar-refractivity contribution in [3.63, 3.8) is 0 Å². The summed E-state index contributed by atoms with van der Waals surface area (Å²) in [5.74, 6) is 0.707. The Kier molecular flexibility index (Phi) is 7.61. The van der Waals surface area contributed by atoms with E-state index in [1.807, 2.05) is 37.4 Å². The molecule has 10 heteroatoms. The molecule has 0 saturated heterocycles. The minimum absolute atomic E-state index is 0.0996. The second-order valence-corrected chi connectivity index (χ2v) is 8.06. The maximum absolute atomic E-state index is 13.5. The Bertz CT molecular complexity index is 1250. The van der Waals surface area contributed by atoms with Gasteiger partial charge in [-0.1, -0.05) is 37.3 Å². The lowest BCUT2D eigenvalue weighted by Gasteiger charge is -2.32. The maximum Gasteiger partial charge on any atom is 0.316 e. The second kappa shape index (κ2) is 11.0. The summed E-state index contributed by atoms with van der Waals surface area (Å²) >= 11 is 0. The minimum atomic E-state index is -0.112. The average Bonchev–Trinajstić information content (AvgIpc) is 3.35. The first-order valence-electron chi connectivity index (χ1n) is 11.4. The van der Waals surface area contributed by atoms with Gasteiger partial charge in [-0.25, -0.2) is 15.0 Å². The molecule has 34 heavy (non-hydrogen) atoms. The minimum Gasteiger partial charge on any atom is -0.467 e. The Morgan fingerprint density at radius 3 is 2.59 bits per heavy atom. The van der Waals surface area contributed by atoms with Crippen LogP contribution >= 0.6 is 0 Å². The van der Waals surface area contributed by atoms with Gasteiger partial charge >= 0.3 is 6.01 Å². The number of likely N-dealkylation sites (N-methyl/N-ethyl adjacent to an activating group) is 1. The molecule has 1 unspecified atom stereocenters. The molecule has 10 nitrogen and oxygen atoms in total. The number of fused-ring (bicyclic) bond motifs is 1. The van der Waals surface area contributed by atoms with Crippen LogP contribution in [0.25, 0.3) is 11.0 Å². The average molecular weight is 463 g/mol. The topological polar surface area (TPSA) is 114 Å². The maximum atomic E-state index is 13.5. The summed E-state index contributed by atoms with van der Waals surface area (Å²) in [4.78, 5) is 29.2. The Hall–Kier alpha value is -3.63. The third-order valence-electron chi connectivity index (χ3n) is 5.81. The molecule has 3 aromatic heterocycles. The van der Waals surface area contributed by atoms with Gasteiger partial charge in [-0.3, -0.25) is 19.4 Å². The third-order valence-corrected chi connectivity index (χ3v) is 5.81. The van der Waals surface area contributed by atoms with Gasteiger partial charge in [0.15, 0.2) is 5.65 Å². The van der Waals surface area contributed by atoms with E-state index in [1.165, 1.54) is 0 Å². The van der Waals surface area contributed by atoms with Crippen LogP contribution in [0.3, 0.4) is 0 Å². The molecule has 2 N–H and O–H groups in total. The van der Waals surface area contributed by atoms with Crippen LogP contribution in [0.1, 0.15) is 36.3 Å². The molecule has 0 amide bonds. The van der Waals surface area contributed by atoms with E-state index in [2.05, 4.69) is 37.3 Å². The van der Waals surface area contributed by atoms with E-state index in [-0.39, 0.29) is 11.6 Å². The van der Waals surface area contributed by atoms with Crippen LogP contribution < -0.4 is 15.6 Å². The van der Waals surface area contributed by atoms with Crippen molar-refractivity contribution in [2.75, 3.05) is 27.2 Å². The highest BCUT2D eigenvalue weighted by Crippen LogP contribution is 2.25. The Labute approximate surface area is 198 Å². The van der Waals surface area contributed by atoms with Crippen molar-refractivity contribution in [1.82, 2.24) is 39.9 Å². The van der Waals surface area contributed by atoms with Gasteiger partial charge in [0.2, 0.25) is 0 Å². The van der Waals surface area contributed by atoms with Crippen molar-refractivity contribution in [3.8, 4) is 6.01 Å². The summed E-state index contributed by atoms with van der Waals surface area (Å²) in [6.07, 6.45) is 5.85. The molecule has 0 aliphatic heterocycles. The molecule has 1 atom stereocenters. The number of aromatic amines is 1. The largest absolute Gasteiger partial charge is 0.467 e. The first-order chi connectivity index (χ1) is 16.6. The van der Waals surface area contributed by atoms with E-state index in [1.54, 1.807) is 30.3 Å². The van der Waals surface area contributed by atoms with Crippen molar-refractivity contribution in [1.29, 1.82) is 0 Å². The molecule has 3 heterocycles. The molecule has 0 aliphatic rings. The molecule has 0 radical (unpaired) electrons. The smallest absolute Gasteiger partial charge is 0.316 e. The monoisotopic (exact) mass is 462 g/mol. The highest BCUT2D eigenvalue weighted by molar-refractivity contribution is 5.72. The van der Waals surface area contributed by atoms with E-state index in [4.69, 9.17) is 9.72 Å². The number of nitrogens with one attached hydrogen (secondary N) is 2. The molecule has 0 bridgehead atoms. The first kappa shape index (κ1) is 23.5. The number of ether oxygens (including phenoxy) is 1. The van der Waals surface area contributed by atoms with Crippen LogP contribution in [0.15, 0.2) is 53.7 Å². The number of nitrogens with zero attached hydrogens (tertiary/aromatic N) is 6. The highest BCUT2D eigenvalue weighted by Gasteiger charge is 2.26. The van der Waals surface area contributed by atoms with E-state index < -0.39 is 0 Å². The van der Waals surface area contributed by atoms with Gasteiger partial charge in [0.1, 0.15) is 11.2 Å². The van der Waals surface area contributed by atoms with E-state index >= 15 is 0 Å². The van der Waals surface area contributed by atoms with E-state index in [9.17, 15) is 4.79 Å².